The molecule has 0 unspecified atom stereocenters. The second-order valence-electron chi connectivity index (χ2n) is 10.2. The van der Waals surface area contributed by atoms with Crippen LogP contribution in [0.1, 0.15) is 24.4 Å². The highest BCUT2D eigenvalue weighted by Crippen LogP contribution is 2.40. The van der Waals surface area contributed by atoms with Crippen LogP contribution >= 0.6 is 0 Å². The number of benzene rings is 1. The van der Waals surface area contributed by atoms with Gasteiger partial charge in [0.2, 0.25) is 5.91 Å². The second kappa shape index (κ2) is 11.7. The number of fused-ring (bicyclic) bond motifs is 1. The molecule has 10 nitrogen and oxygen atoms in total. The van der Waals surface area contributed by atoms with Crippen molar-refractivity contribution in [3.05, 3.63) is 67.1 Å². The minimum atomic E-state index is -0.297. The first-order chi connectivity index (χ1) is 19.4. The maximum absolute atomic E-state index is 12.2. The Morgan fingerprint density at radius 1 is 1.18 bits per heavy atom. The molecule has 0 spiro atoms. The molecule has 0 bridgehead atoms. The van der Waals surface area contributed by atoms with Gasteiger partial charge < -0.3 is 29.2 Å². The summed E-state index contributed by atoms with van der Waals surface area (Å²) in [4.78, 5) is 30.1. The number of methoxy groups -OCH3 is 1. The van der Waals surface area contributed by atoms with Crippen molar-refractivity contribution in [1.29, 1.82) is 0 Å². The van der Waals surface area contributed by atoms with E-state index in [2.05, 4.69) is 48.5 Å². The molecule has 3 heterocycles. The zero-order valence-corrected chi connectivity index (χ0v) is 23.4. The Morgan fingerprint density at radius 3 is 2.73 bits per heavy atom. The number of anilines is 2. The first-order valence-corrected chi connectivity index (χ1v) is 13.3. The van der Waals surface area contributed by atoms with Crippen LogP contribution in [-0.4, -0.2) is 71.7 Å². The standard InChI is InChI=1S/C30H35N7O3/c1-6-28(38)33-24-16-20(27(39-5)17-26(24)36(4)15-14-35(2)3)19-40-30-32-13-11-23(34-30)22-18-37(21-9-10-21)25-8-7-12-31-29(22)25/h6-8,11-13,16-18,21H,1,9-10,14-15,19H2,2-5H3,(H,33,38). The van der Waals surface area contributed by atoms with E-state index in [1.165, 1.54) is 18.9 Å². The number of amides is 1. The molecule has 0 saturated heterocycles. The predicted molar refractivity (Wildman–Crippen MR) is 157 cm³/mol. The van der Waals surface area contributed by atoms with Gasteiger partial charge in [0, 0.05) is 62.0 Å². The Bertz CT molecular complexity index is 1530. The predicted octanol–water partition coefficient (Wildman–Crippen LogP) is 4.54. The SMILES string of the molecule is C=CC(=O)Nc1cc(COc2nccc(-c3cn(C4CC4)c4cccnc34)n2)c(OC)cc1N(C)CCN(C)C. The van der Waals surface area contributed by atoms with Crippen molar-refractivity contribution in [2.45, 2.75) is 25.5 Å². The first-order valence-electron chi connectivity index (χ1n) is 13.3. The first kappa shape index (κ1) is 27.1. The summed E-state index contributed by atoms with van der Waals surface area (Å²) in [5.74, 6) is 0.338. The van der Waals surface area contributed by atoms with Gasteiger partial charge >= 0.3 is 6.01 Å². The molecule has 1 N–H and O–H groups in total. The largest absolute Gasteiger partial charge is 0.496 e. The van der Waals surface area contributed by atoms with Crippen molar-refractivity contribution in [3.63, 3.8) is 0 Å². The van der Waals surface area contributed by atoms with E-state index in [1.54, 1.807) is 19.5 Å². The van der Waals surface area contributed by atoms with Crippen molar-refractivity contribution >= 4 is 28.3 Å². The Balaban J connectivity index is 1.41. The monoisotopic (exact) mass is 541 g/mol. The molecule has 1 fully saturated rings. The molecule has 1 amide bonds. The van der Waals surface area contributed by atoms with Gasteiger partial charge in [-0.05, 0) is 57.3 Å². The van der Waals surface area contributed by atoms with E-state index in [1.807, 2.05) is 45.4 Å². The highest BCUT2D eigenvalue weighted by molar-refractivity contribution is 6.01. The molecule has 1 aromatic carbocycles. The van der Waals surface area contributed by atoms with Crippen LogP contribution in [0.15, 0.2) is 61.6 Å². The zero-order chi connectivity index (χ0) is 28.2. The number of ether oxygens (including phenoxy) is 2. The van der Waals surface area contributed by atoms with Gasteiger partial charge in [-0.25, -0.2) is 4.98 Å². The van der Waals surface area contributed by atoms with E-state index < -0.39 is 0 Å². The van der Waals surface area contributed by atoms with Crippen LogP contribution in [0.2, 0.25) is 0 Å². The minimum absolute atomic E-state index is 0.146. The van der Waals surface area contributed by atoms with Crippen LogP contribution in [0, 0.1) is 0 Å². The number of pyridine rings is 1. The normalized spacial score (nSPS) is 12.9. The summed E-state index contributed by atoms with van der Waals surface area (Å²) in [5.41, 5.74) is 5.93. The lowest BCUT2D eigenvalue weighted by Gasteiger charge is -2.25. The summed E-state index contributed by atoms with van der Waals surface area (Å²) in [6, 6.07) is 10.5. The fourth-order valence-corrected chi connectivity index (χ4v) is 4.61. The molecule has 0 atom stereocenters. The number of carbonyl (C=O) groups excluding carboxylic acids is 1. The molecule has 10 heteroatoms. The minimum Gasteiger partial charge on any atom is -0.496 e. The van der Waals surface area contributed by atoms with Crippen LogP contribution in [0.4, 0.5) is 11.4 Å². The Morgan fingerprint density at radius 2 is 2.00 bits per heavy atom. The van der Waals surface area contributed by atoms with Gasteiger partial charge in [0.05, 0.1) is 35.2 Å². The molecule has 208 valence electrons. The summed E-state index contributed by atoms with van der Waals surface area (Å²) >= 11 is 0. The average molecular weight is 542 g/mol. The maximum atomic E-state index is 12.2. The van der Waals surface area contributed by atoms with Crippen molar-refractivity contribution in [2.75, 3.05) is 51.6 Å². The molecule has 40 heavy (non-hydrogen) atoms. The number of nitrogens with zero attached hydrogens (tertiary/aromatic N) is 6. The number of rotatable bonds is 12. The third-order valence-corrected chi connectivity index (χ3v) is 6.93. The van der Waals surface area contributed by atoms with Gasteiger partial charge in [0.15, 0.2) is 0 Å². The lowest BCUT2D eigenvalue weighted by atomic mass is 10.1. The maximum Gasteiger partial charge on any atom is 0.317 e. The number of hydrogen-bond donors (Lipinski definition) is 1. The molecule has 1 saturated carbocycles. The molecule has 0 aliphatic heterocycles. The van der Waals surface area contributed by atoms with E-state index >= 15 is 0 Å². The van der Waals surface area contributed by atoms with Crippen molar-refractivity contribution in [1.82, 2.24) is 24.4 Å². The highest BCUT2D eigenvalue weighted by atomic mass is 16.5. The zero-order valence-electron chi connectivity index (χ0n) is 23.4. The van der Waals surface area contributed by atoms with Gasteiger partial charge in [-0.3, -0.25) is 9.78 Å². The fraction of sp³-hybridized carbons (Fsp3) is 0.333. The number of carbonyl (C=O) groups is 1. The van der Waals surface area contributed by atoms with Crippen LogP contribution in [0.25, 0.3) is 22.3 Å². The smallest absolute Gasteiger partial charge is 0.317 e. The number of aromatic nitrogens is 4. The van der Waals surface area contributed by atoms with E-state index in [-0.39, 0.29) is 18.5 Å². The van der Waals surface area contributed by atoms with Gasteiger partial charge in [-0.15, -0.1) is 0 Å². The van der Waals surface area contributed by atoms with E-state index in [0.29, 0.717) is 17.5 Å². The number of hydrogen-bond acceptors (Lipinski definition) is 8. The number of likely N-dealkylation sites (N-methyl/N-ethyl adjacent to an activating group) is 2. The molecule has 1 aliphatic carbocycles. The fourth-order valence-electron chi connectivity index (χ4n) is 4.61. The van der Waals surface area contributed by atoms with Crippen molar-refractivity contribution in [2.24, 2.45) is 0 Å². The topological polar surface area (TPSA) is 97.6 Å². The Hall–Kier alpha value is -4.44. The third-order valence-electron chi connectivity index (χ3n) is 6.93. The molecule has 3 aromatic heterocycles. The lowest BCUT2D eigenvalue weighted by Crippen LogP contribution is -2.29. The molecule has 0 radical (unpaired) electrons. The third kappa shape index (κ3) is 5.91. The van der Waals surface area contributed by atoms with E-state index in [4.69, 9.17) is 14.5 Å². The Kier molecular flexibility index (Phi) is 7.97. The van der Waals surface area contributed by atoms with Crippen LogP contribution < -0.4 is 19.7 Å². The molecular weight excluding hydrogens is 506 g/mol. The number of nitrogens with one attached hydrogen (secondary N) is 1. The quantitative estimate of drug-likeness (QED) is 0.261. The van der Waals surface area contributed by atoms with Crippen LogP contribution in [0.3, 0.4) is 0 Å². The average Bonchev–Trinajstić information content (AvgIpc) is 3.74. The lowest BCUT2D eigenvalue weighted by molar-refractivity contribution is -0.111. The van der Waals surface area contributed by atoms with Crippen molar-refractivity contribution < 1.29 is 14.3 Å². The highest BCUT2D eigenvalue weighted by Gasteiger charge is 2.27. The summed E-state index contributed by atoms with van der Waals surface area (Å²) in [7, 11) is 7.64. The molecule has 4 aromatic rings. The van der Waals surface area contributed by atoms with Crippen LogP contribution in [0.5, 0.6) is 11.8 Å². The Labute approximate surface area is 234 Å². The summed E-state index contributed by atoms with van der Waals surface area (Å²) in [5, 5.41) is 2.92. The van der Waals surface area contributed by atoms with Gasteiger partial charge in [0.25, 0.3) is 0 Å². The molecule has 5 rings (SSSR count). The summed E-state index contributed by atoms with van der Waals surface area (Å²) in [6.45, 7) is 5.34. The van der Waals surface area contributed by atoms with Gasteiger partial charge in [-0.2, -0.15) is 4.98 Å². The van der Waals surface area contributed by atoms with Crippen molar-refractivity contribution in [3.8, 4) is 23.0 Å². The molecule has 1 aliphatic rings. The van der Waals surface area contributed by atoms with Gasteiger partial charge in [0.1, 0.15) is 12.4 Å². The second-order valence-corrected chi connectivity index (χ2v) is 10.2. The van der Waals surface area contributed by atoms with Crippen LogP contribution in [-0.2, 0) is 11.4 Å². The van der Waals surface area contributed by atoms with E-state index in [9.17, 15) is 4.79 Å². The summed E-state index contributed by atoms with van der Waals surface area (Å²) < 4.78 is 14.1. The van der Waals surface area contributed by atoms with E-state index in [0.717, 1.165) is 46.6 Å². The molecular formula is C30H35N7O3. The van der Waals surface area contributed by atoms with Gasteiger partial charge in [-0.1, -0.05) is 6.58 Å². The summed E-state index contributed by atoms with van der Waals surface area (Å²) in [6.07, 6.45) is 9.23.